The Labute approximate surface area is 99.9 Å². The Hall–Kier alpha value is -1.63. The van der Waals surface area contributed by atoms with Crippen molar-refractivity contribution >= 4 is 11.6 Å². The van der Waals surface area contributed by atoms with E-state index in [0.29, 0.717) is 12.1 Å². The number of quaternary nitrogens is 1. The number of nitrogens with zero attached hydrogens (tertiary/aromatic N) is 2. The molecule has 1 amide bonds. The summed E-state index contributed by atoms with van der Waals surface area (Å²) in [7, 11) is 0. The van der Waals surface area contributed by atoms with E-state index in [1.807, 2.05) is 6.92 Å². The van der Waals surface area contributed by atoms with E-state index in [4.69, 9.17) is 0 Å². The van der Waals surface area contributed by atoms with Crippen LogP contribution in [0.25, 0.3) is 0 Å². The molecule has 0 bridgehead atoms. The molecule has 6 nitrogen and oxygen atoms in total. The number of amides is 1. The zero-order valence-corrected chi connectivity index (χ0v) is 9.93. The average Bonchev–Trinajstić information content (AvgIpc) is 2.30. The largest absolute Gasteiger partial charge is 0.599 e. The Kier molecular flexibility index (Phi) is 6.88. The molecule has 0 aliphatic carbocycles. The summed E-state index contributed by atoms with van der Waals surface area (Å²) in [6, 6.07) is 3.49. The second kappa shape index (κ2) is 7.61. The van der Waals surface area contributed by atoms with Crippen molar-refractivity contribution in [3.63, 3.8) is 0 Å². The van der Waals surface area contributed by atoms with Gasteiger partial charge in [0.2, 0.25) is 0 Å². The lowest BCUT2D eigenvalue weighted by atomic mass is 10.2. The predicted molar refractivity (Wildman–Crippen MR) is 64.3 cm³/mol. The molecule has 0 fully saturated rings. The van der Waals surface area contributed by atoms with Gasteiger partial charge in [-0.3, -0.25) is 4.98 Å². The summed E-state index contributed by atoms with van der Waals surface area (Å²) in [6.07, 6.45) is 4.15. The number of aromatic nitrogens is 1. The van der Waals surface area contributed by atoms with Crippen LogP contribution in [0.1, 0.15) is 32.3 Å². The molecule has 0 spiro atoms. The fraction of sp³-hybridized carbons (Fsp3) is 0.364. The highest BCUT2D eigenvalue weighted by molar-refractivity contribution is 5.98. The minimum absolute atomic E-state index is 0. The fourth-order valence-corrected chi connectivity index (χ4v) is 1.21. The molecule has 94 valence electrons. The molecule has 0 saturated carbocycles. The highest BCUT2D eigenvalue weighted by atomic mass is 16.5. The Morgan fingerprint density at radius 3 is 2.59 bits per heavy atom. The smallest absolute Gasteiger partial charge is 0.338 e. The van der Waals surface area contributed by atoms with Gasteiger partial charge in [-0.25, -0.2) is 4.79 Å². The van der Waals surface area contributed by atoms with Gasteiger partial charge in [0, 0.05) is 18.0 Å². The lowest BCUT2D eigenvalue weighted by molar-refractivity contribution is -0.772. The molecule has 1 atom stereocenters. The first-order valence-electron chi connectivity index (χ1n) is 5.18. The first-order valence-corrected chi connectivity index (χ1v) is 5.18. The van der Waals surface area contributed by atoms with Crippen molar-refractivity contribution in [2.24, 2.45) is 5.10 Å². The van der Waals surface area contributed by atoms with Crippen LogP contribution >= 0.6 is 0 Å². The summed E-state index contributed by atoms with van der Waals surface area (Å²) >= 11 is 0. The zero-order valence-electron chi connectivity index (χ0n) is 9.93. The van der Waals surface area contributed by atoms with Gasteiger partial charge in [0.25, 0.3) is 0 Å². The van der Waals surface area contributed by atoms with Gasteiger partial charge < -0.3 is 10.7 Å². The number of carbonyl (C=O) groups is 1. The topological polar surface area (TPSA) is 101 Å². The summed E-state index contributed by atoms with van der Waals surface area (Å²) in [5, 5.41) is 14.5. The number of hydrogen-bond donors (Lipinski definition) is 1. The van der Waals surface area contributed by atoms with E-state index in [1.165, 1.54) is 0 Å². The molecule has 0 radical (unpaired) electrons. The number of rotatable bonds is 4. The molecule has 1 heterocycles. The summed E-state index contributed by atoms with van der Waals surface area (Å²) in [5.74, 6) is -0.434. The van der Waals surface area contributed by atoms with Crippen LogP contribution in [0, 0.1) is 5.21 Å². The van der Waals surface area contributed by atoms with Gasteiger partial charge in [-0.1, -0.05) is 12.0 Å². The number of pyridine rings is 1. The minimum Gasteiger partial charge on any atom is -0.599 e. The lowest BCUT2D eigenvalue weighted by Crippen LogP contribution is -3.05. The third-order valence-corrected chi connectivity index (χ3v) is 2.08. The first-order chi connectivity index (χ1) is 7.65. The van der Waals surface area contributed by atoms with Crippen LogP contribution in [0.5, 0.6) is 0 Å². The minimum atomic E-state index is -0.670. The molecule has 0 aromatic carbocycles. The third-order valence-electron chi connectivity index (χ3n) is 2.08. The summed E-state index contributed by atoms with van der Waals surface area (Å²) < 4.78 is 0. The molecule has 1 unspecified atom stereocenters. The van der Waals surface area contributed by atoms with E-state index in [0.717, 1.165) is 5.56 Å². The van der Waals surface area contributed by atoms with E-state index >= 15 is 0 Å². The molecule has 0 aliphatic heterocycles. The molecule has 1 aromatic heterocycles. The molecular formula is C11H17N3O3. The van der Waals surface area contributed by atoms with Crippen LogP contribution in [0.3, 0.4) is 0 Å². The van der Waals surface area contributed by atoms with Crippen LogP contribution in [-0.4, -0.2) is 22.1 Å². The van der Waals surface area contributed by atoms with Gasteiger partial charge in [-0.15, -0.1) is 0 Å². The number of hydrogen-bond acceptors (Lipinski definition) is 4. The fourth-order valence-electron chi connectivity index (χ4n) is 1.21. The Balaban J connectivity index is 0.00000256. The summed E-state index contributed by atoms with van der Waals surface area (Å²) in [6.45, 7) is 3.55. The van der Waals surface area contributed by atoms with E-state index < -0.39 is 11.1 Å². The maximum absolute atomic E-state index is 11.4. The van der Waals surface area contributed by atoms with E-state index in [2.05, 4.69) is 10.1 Å². The van der Waals surface area contributed by atoms with Crippen molar-refractivity contribution in [1.82, 2.24) is 4.98 Å². The monoisotopic (exact) mass is 239 g/mol. The number of nitrogens with one attached hydrogen (secondary N) is 1. The molecule has 1 aromatic rings. The predicted octanol–water partition coefficient (Wildman–Crippen LogP) is -0.310. The Morgan fingerprint density at radius 2 is 2.06 bits per heavy atom. The van der Waals surface area contributed by atoms with Gasteiger partial charge in [0.15, 0.2) is 0 Å². The lowest BCUT2D eigenvalue weighted by Gasteiger charge is -2.12. The van der Waals surface area contributed by atoms with Gasteiger partial charge in [0.1, 0.15) is 5.71 Å². The average molecular weight is 239 g/mol. The van der Waals surface area contributed by atoms with Crippen LogP contribution < -0.4 is 5.17 Å². The van der Waals surface area contributed by atoms with Crippen LogP contribution in [-0.2, 0) is 4.79 Å². The van der Waals surface area contributed by atoms with Gasteiger partial charge in [-0.05, 0) is 25.5 Å². The van der Waals surface area contributed by atoms with Crippen molar-refractivity contribution in [2.45, 2.75) is 26.7 Å². The van der Waals surface area contributed by atoms with Crippen molar-refractivity contribution in [3.8, 4) is 0 Å². The molecule has 17 heavy (non-hydrogen) atoms. The second-order valence-corrected chi connectivity index (χ2v) is 3.41. The van der Waals surface area contributed by atoms with E-state index in [-0.39, 0.29) is 11.9 Å². The van der Waals surface area contributed by atoms with Crippen molar-refractivity contribution in [1.29, 1.82) is 0 Å². The first kappa shape index (κ1) is 15.4. The zero-order chi connectivity index (χ0) is 12.0. The third kappa shape index (κ3) is 4.81. The molecule has 1 rings (SSSR count). The summed E-state index contributed by atoms with van der Waals surface area (Å²) in [5.41, 5.74) is 1.34. The second-order valence-electron chi connectivity index (χ2n) is 3.41. The van der Waals surface area contributed by atoms with Crippen LogP contribution in [0.2, 0.25) is 0 Å². The Morgan fingerprint density at radius 1 is 1.47 bits per heavy atom. The van der Waals surface area contributed by atoms with Gasteiger partial charge >= 0.3 is 5.91 Å². The van der Waals surface area contributed by atoms with Gasteiger partial charge in [0.05, 0.1) is 6.42 Å². The molecule has 6 heteroatoms. The van der Waals surface area contributed by atoms with Crippen LogP contribution in [0.4, 0.5) is 0 Å². The Bertz CT molecular complexity index is 379. The highest BCUT2D eigenvalue weighted by Crippen LogP contribution is 1.97. The van der Waals surface area contributed by atoms with Gasteiger partial charge in [-0.2, -0.15) is 5.17 Å². The quantitative estimate of drug-likeness (QED) is 0.576. The van der Waals surface area contributed by atoms with E-state index in [9.17, 15) is 10.0 Å². The van der Waals surface area contributed by atoms with Crippen molar-refractivity contribution in [2.75, 3.05) is 0 Å². The number of carbonyl (C=O) groups excluding carboxylic acids is 1. The normalized spacial score (nSPS) is 12.8. The molecule has 3 N–H and O–H groups in total. The van der Waals surface area contributed by atoms with E-state index in [1.54, 1.807) is 31.5 Å². The number of hydroxylamine groups is 1. The highest BCUT2D eigenvalue weighted by Gasteiger charge is 2.09. The maximum atomic E-state index is 11.4. The standard InChI is InChI=1S/C11H15N3O2.H2O/c1-3-4-11(15)14(16)13-9(2)10-5-7-12-8-6-10;/h5-8,14H,3-4H2,1-2H3;1H2. The molecule has 0 aliphatic rings. The van der Waals surface area contributed by atoms with Crippen molar-refractivity contribution in [3.05, 3.63) is 35.3 Å². The maximum Gasteiger partial charge on any atom is 0.338 e. The van der Waals surface area contributed by atoms with Crippen molar-refractivity contribution < 1.29 is 15.4 Å². The molecule has 0 saturated heterocycles. The SMILES string of the molecule is CCCC(=O)[NH+]([O-])N=C(C)c1ccncc1.O. The molecular weight excluding hydrogens is 222 g/mol. The van der Waals surface area contributed by atoms with Crippen LogP contribution in [0.15, 0.2) is 29.6 Å². The summed E-state index contributed by atoms with van der Waals surface area (Å²) in [4.78, 5) is 15.1.